The highest BCUT2D eigenvalue weighted by Crippen LogP contribution is 2.25. The van der Waals surface area contributed by atoms with E-state index < -0.39 is 5.97 Å². The Morgan fingerprint density at radius 1 is 0.875 bits per heavy atom. The zero-order valence-electron chi connectivity index (χ0n) is 17.5. The first-order valence-corrected chi connectivity index (χ1v) is 10.1. The van der Waals surface area contributed by atoms with Crippen LogP contribution in [0.15, 0.2) is 91.3 Å². The van der Waals surface area contributed by atoms with Crippen molar-refractivity contribution in [1.82, 2.24) is 9.97 Å². The van der Waals surface area contributed by atoms with Gasteiger partial charge in [0.2, 0.25) is 5.91 Å². The molecular weight excluding hydrogens is 402 g/mol. The Kier molecular flexibility index (Phi) is 6.32. The molecule has 0 aliphatic heterocycles. The van der Waals surface area contributed by atoms with Crippen LogP contribution in [-0.2, 0) is 16.0 Å². The van der Waals surface area contributed by atoms with Gasteiger partial charge in [0.15, 0.2) is 0 Å². The molecule has 6 heteroatoms. The van der Waals surface area contributed by atoms with Crippen molar-refractivity contribution in [3.05, 3.63) is 102 Å². The van der Waals surface area contributed by atoms with Gasteiger partial charge >= 0.3 is 5.97 Å². The first-order chi connectivity index (χ1) is 15.6. The third-order valence-electron chi connectivity index (χ3n) is 4.90. The van der Waals surface area contributed by atoms with Crippen LogP contribution in [0.5, 0.6) is 0 Å². The second-order valence-electron chi connectivity index (χ2n) is 7.15. The highest BCUT2D eigenvalue weighted by atomic mass is 16.5. The second kappa shape index (κ2) is 9.66. The van der Waals surface area contributed by atoms with Crippen molar-refractivity contribution in [1.29, 1.82) is 0 Å². The van der Waals surface area contributed by atoms with Gasteiger partial charge in [-0.25, -0.2) is 9.78 Å². The number of rotatable bonds is 6. The fraction of sp³-hybridized carbons (Fsp3) is 0.0769. The largest absolute Gasteiger partial charge is 0.465 e. The van der Waals surface area contributed by atoms with Gasteiger partial charge in [0, 0.05) is 18.0 Å². The topological polar surface area (TPSA) is 81.2 Å². The van der Waals surface area contributed by atoms with Gasteiger partial charge in [0.05, 0.1) is 24.8 Å². The third-order valence-corrected chi connectivity index (χ3v) is 4.90. The van der Waals surface area contributed by atoms with E-state index in [1.807, 2.05) is 66.7 Å². The van der Waals surface area contributed by atoms with Crippen molar-refractivity contribution < 1.29 is 14.3 Å². The standard InChI is InChI=1S/C26H21N3O3/c1-32-26(31)22-15-23(20-11-9-19(10-12-20)21-8-5-13-27-17-21)28-24(16-22)29-25(30)14-18-6-3-2-4-7-18/h2-13,15-17H,14H2,1H3,(H,28,29,30). The van der Waals surface area contributed by atoms with E-state index in [1.165, 1.54) is 13.2 Å². The van der Waals surface area contributed by atoms with Gasteiger partial charge < -0.3 is 10.1 Å². The molecule has 0 aliphatic rings. The first-order valence-electron chi connectivity index (χ1n) is 10.1. The zero-order valence-corrected chi connectivity index (χ0v) is 17.5. The fourth-order valence-corrected chi connectivity index (χ4v) is 3.31. The predicted molar refractivity (Wildman–Crippen MR) is 123 cm³/mol. The van der Waals surface area contributed by atoms with Gasteiger partial charge in [-0.15, -0.1) is 0 Å². The van der Waals surface area contributed by atoms with Gasteiger partial charge in [-0.3, -0.25) is 9.78 Å². The van der Waals surface area contributed by atoms with Crippen LogP contribution >= 0.6 is 0 Å². The number of esters is 1. The Balaban J connectivity index is 1.61. The number of benzene rings is 2. The number of carbonyl (C=O) groups is 2. The first kappa shape index (κ1) is 20.9. The second-order valence-corrected chi connectivity index (χ2v) is 7.15. The number of carbonyl (C=O) groups excluding carboxylic acids is 2. The molecule has 32 heavy (non-hydrogen) atoms. The molecule has 1 amide bonds. The van der Waals surface area contributed by atoms with Gasteiger partial charge in [-0.1, -0.05) is 60.7 Å². The minimum absolute atomic E-state index is 0.208. The van der Waals surface area contributed by atoms with E-state index in [0.29, 0.717) is 17.1 Å². The van der Waals surface area contributed by atoms with Crippen molar-refractivity contribution in [3.63, 3.8) is 0 Å². The highest BCUT2D eigenvalue weighted by Gasteiger charge is 2.14. The monoisotopic (exact) mass is 423 g/mol. The van der Waals surface area contributed by atoms with Crippen LogP contribution in [0.3, 0.4) is 0 Å². The maximum Gasteiger partial charge on any atom is 0.338 e. The van der Waals surface area contributed by atoms with Gasteiger partial charge in [-0.2, -0.15) is 0 Å². The molecule has 2 aromatic carbocycles. The number of hydrogen-bond acceptors (Lipinski definition) is 5. The summed E-state index contributed by atoms with van der Waals surface area (Å²) in [5.41, 5.74) is 4.58. The molecule has 0 bridgehead atoms. The number of amides is 1. The quantitative estimate of drug-likeness (QED) is 0.452. The third kappa shape index (κ3) is 5.05. The van der Waals surface area contributed by atoms with E-state index in [9.17, 15) is 9.59 Å². The number of nitrogens with one attached hydrogen (secondary N) is 1. The van der Waals surface area contributed by atoms with Crippen molar-refractivity contribution in [2.24, 2.45) is 0 Å². The maximum atomic E-state index is 12.5. The Labute approximate surface area is 185 Å². The average molecular weight is 423 g/mol. The van der Waals surface area contributed by atoms with Crippen LogP contribution in [-0.4, -0.2) is 29.0 Å². The Hall–Kier alpha value is -4.32. The smallest absolute Gasteiger partial charge is 0.338 e. The number of pyridine rings is 2. The molecule has 2 aromatic heterocycles. The maximum absolute atomic E-state index is 12.5. The summed E-state index contributed by atoms with van der Waals surface area (Å²) in [5.74, 6) is -0.428. The number of ether oxygens (including phenoxy) is 1. The molecule has 4 aromatic rings. The Morgan fingerprint density at radius 3 is 2.31 bits per heavy atom. The lowest BCUT2D eigenvalue weighted by Crippen LogP contribution is -2.16. The lowest BCUT2D eigenvalue weighted by atomic mass is 10.0. The van der Waals surface area contributed by atoms with Gasteiger partial charge in [0.1, 0.15) is 5.82 Å². The molecule has 0 saturated heterocycles. The average Bonchev–Trinajstić information content (AvgIpc) is 2.84. The summed E-state index contributed by atoms with van der Waals surface area (Å²) in [6.45, 7) is 0. The van der Waals surface area contributed by atoms with E-state index >= 15 is 0 Å². The van der Waals surface area contributed by atoms with E-state index in [-0.39, 0.29) is 12.3 Å². The molecule has 0 atom stereocenters. The minimum Gasteiger partial charge on any atom is -0.465 e. The molecule has 0 saturated carbocycles. The van der Waals surface area contributed by atoms with Gasteiger partial charge in [-0.05, 0) is 34.9 Å². The summed E-state index contributed by atoms with van der Waals surface area (Å²) in [6.07, 6.45) is 3.74. The summed E-state index contributed by atoms with van der Waals surface area (Å²) in [7, 11) is 1.32. The number of anilines is 1. The highest BCUT2D eigenvalue weighted by molar-refractivity contribution is 5.95. The summed E-state index contributed by atoms with van der Waals surface area (Å²) < 4.78 is 4.87. The Bertz CT molecular complexity index is 1220. The van der Waals surface area contributed by atoms with E-state index in [2.05, 4.69) is 15.3 Å². The number of nitrogens with zero attached hydrogens (tertiary/aromatic N) is 2. The molecule has 0 radical (unpaired) electrons. The molecule has 0 unspecified atom stereocenters. The summed E-state index contributed by atoms with van der Waals surface area (Å²) in [4.78, 5) is 33.4. The van der Waals surface area contributed by atoms with E-state index in [0.717, 1.165) is 22.3 Å². The van der Waals surface area contributed by atoms with Crippen LogP contribution in [0, 0.1) is 0 Å². The molecule has 158 valence electrons. The van der Waals surface area contributed by atoms with Crippen LogP contribution in [0.1, 0.15) is 15.9 Å². The van der Waals surface area contributed by atoms with Crippen molar-refractivity contribution in [2.75, 3.05) is 12.4 Å². The number of methoxy groups -OCH3 is 1. The summed E-state index contributed by atoms with van der Waals surface area (Å²) >= 11 is 0. The van der Waals surface area contributed by atoms with Crippen LogP contribution in [0.4, 0.5) is 5.82 Å². The lowest BCUT2D eigenvalue weighted by Gasteiger charge is -2.10. The van der Waals surface area contributed by atoms with E-state index in [4.69, 9.17) is 4.74 Å². The lowest BCUT2D eigenvalue weighted by molar-refractivity contribution is -0.115. The van der Waals surface area contributed by atoms with Gasteiger partial charge in [0.25, 0.3) is 0 Å². The molecule has 0 spiro atoms. The molecule has 2 heterocycles. The molecule has 1 N–H and O–H groups in total. The normalized spacial score (nSPS) is 10.4. The molecule has 6 nitrogen and oxygen atoms in total. The summed E-state index contributed by atoms with van der Waals surface area (Å²) in [6, 6.07) is 24.2. The Morgan fingerprint density at radius 2 is 1.62 bits per heavy atom. The zero-order chi connectivity index (χ0) is 22.3. The molecule has 0 aliphatic carbocycles. The van der Waals surface area contributed by atoms with E-state index in [1.54, 1.807) is 18.5 Å². The number of hydrogen-bond donors (Lipinski definition) is 1. The molecular formula is C26H21N3O3. The predicted octanol–water partition coefficient (Wildman–Crippen LogP) is 4.78. The number of aromatic nitrogens is 2. The molecule has 0 fully saturated rings. The SMILES string of the molecule is COC(=O)c1cc(NC(=O)Cc2ccccc2)nc(-c2ccc(-c3cccnc3)cc2)c1. The minimum atomic E-state index is -0.501. The van der Waals surface area contributed by atoms with Crippen molar-refractivity contribution in [3.8, 4) is 22.4 Å². The van der Waals surface area contributed by atoms with Crippen molar-refractivity contribution in [2.45, 2.75) is 6.42 Å². The van der Waals surface area contributed by atoms with Crippen LogP contribution < -0.4 is 5.32 Å². The fourth-order valence-electron chi connectivity index (χ4n) is 3.31. The summed E-state index contributed by atoms with van der Waals surface area (Å²) in [5, 5.41) is 2.79. The van der Waals surface area contributed by atoms with Crippen molar-refractivity contribution >= 4 is 17.7 Å². The molecule has 4 rings (SSSR count). The van der Waals surface area contributed by atoms with Crippen LogP contribution in [0.25, 0.3) is 22.4 Å². The van der Waals surface area contributed by atoms with Crippen LogP contribution in [0.2, 0.25) is 0 Å².